The van der Waals surface area contributed by atoms with Gasteiger partial charge in [-0.15, -0.1) is 0 Å². The molecule has 1 atom stereocenters. The van der Waals surface area contributed by atoms with Crippen LogP contribution in [-0.4, -0.2) is 33.4 Å². The van der Waals surface area contributed by atoms with Gasteiger partial charge in [-0.1, -0.05) is 42.0 Å². The number of aliphatic hydroxyl groups is 1. The predicted molar refractivity (Wildman–Crippen MR) is 110 cm³/mol. The topological polar surface area (TPSA) is 67.2 Å². The van der Waals surface area contributed by atoms with Crippen molar-refractivity contribution in [2.24, 2.45) is 0 Å². The zero-order valence-corrected chi connectivity index (χ0v) is 16.6. The second-order valence-corrected chi connectivity index (χ2v) is 7.33. The van der Waals surface area contributed by atoms with Crippen LogP contribution in [0.4, 0.5) is 0 Å². The molecule has 1 amide bonds. The van der Waals surface area contributed by atoms with Crippen LogP contribution in [0, 0.1) is 20.8 Å². The highest BCUT2D eigenvalue weighted by Crippen LogP contribution is 2.11. The van der Waals surface area contributed by atoms with Crippen molar-refractivity contribution in [1.82, 2.24) is 15.1 Å². The maximum absolute atomic E-state index is 12.7. The second kappa shape index (κ2) is 8.85. The van der Waals surface area contributed by atoms with E-state index in [-0.39, 0.29) is 18.6 Å². The van der Waals surface area contributed by atoms with Crippen molar-refractivity contribution in [3.63, 3.8) is 0 Å². The Labute approximate surface area is 166 Å². The smallest absolute Gasteiger partial charge is 0.251 e. The summed E-state index contributed by atoms with van der Waals surface area (Å²) in [6.45, 7) is 6.54. The molecule has 1 aromatic heterocycles. The predicted octanol–water partition coefficient (Wildman–Crippen LogP) is 3.19. The van der Waals surface area contributed by atoms with Gasteiger partial charge in [-0.2, -0.15) is 5.10 Å². The fraction of sp³-hybridized carbons (Fsp3) is 0.304. The van der Waals surface area contributed by atoms with E-state index >= 15 is 0 Å². The third kappa shape index (κ3) is 5.08. The number of rotatable bonds is 7. The zero-order chi connectivity index (χ0) is 20.1. The van der Waals surface area contributed by atoms with Crippen molar-refractivity contribution in [2.75, 3.05) is 6.61 Å². The number of hydrogen-bond acceptors (Lipinski definition) is 3. The summed E-state index contributed by atoms with van der Waals surface area (Å²) < 4.78 is 1.93. The minimum atomic E-state index is -0.325. The number of aliphatic hydroxyl groups excluding tert-OH is 1. The molecular weight excluding hydrogens is 350 g/mol. The number of nitrogens with one attached hydrogen (secondary N) is 1. The molecule has 3 aromatic rings. The summed E-state index contributed by atoms with van der Waals surface area (Å²) in [5, 5.41) is 17.1. The Kier molecular flexibility index (Phi) is 6.26. The second-order valence-electron chi connectivity index (χ2n) is 7.33. The fourth-order valence-corrected chi connectivity index (χ4v) is 3.37. The Morgan fingerprint density at radius 2 is 1.82 bits per heavy atom. The van der Waals surface area contributed by atoms with Crippen LogP contribution < -0.4 is 5.32 Å². The Morgan fingerprint density at radius 3 is 2.50 bits per heavy atom. The van der Waals surface area contributed by atoms with Crippen LogP contribution >= 0.6 is 0 Å². The van der Waals surface area contributed by atoms with Gasteiger partial charge in [0.15, 0.2) is 0 Å². The Bertz CT molecular complexity index is 962. The number of aromatic nitrogens is 2. The van der Waals surface area contributed by atoms with Crippen molar-refractivity contribution in [1.29, 1.82) is 0 Å². The quantitative estimate of drug-likeness (QED) is 0.664. The van der Waals surface area contributed by atoms with Crippen LogP contribution in [0.15, 0.2) is 54.6 Å². The van der Waals surface area contributed by atoms with E-state index in [2.05, 4.69) is 16.5 Å². The number of carbonyl (C=O) groups excluding carboxylic acids is 1. The van der Waals surface area contributed by atoms with E-state index in [1.807, 2.05) is 67.9 Å². The molecule has 0 saturated heterocycles. The Morgan fingerprint density at radius 1 is 1.07 bits per heavy atom. The first-order valence-corrected chi connectivity index (χ1v) is 9.52. The highest BCUT2D eigenvalue weighted by Gasteiger charge is 2.14. The van der Waals surface area contributed by atoms with Crippen LogP contribution in [0.2, 0.25) is 0 Å². The van der Waals surface area contributed by atoms with E-state index in [0.29, 0.717) is 18.5 Å². The molecule has 0 radical (unpaired) electrons. The van der Waals surface area contributed by atoms with Crippen LogP contribution in [-0.2, 0) is 13.0 Å². The monoisotopic (exact) mass is 377 g/mol. The summed E-state index contributed by atoms with van der Waals surface area (Å²) in [6, 6.07) is 17.4. The zero-order valence-electron chi connectivity index (χ0n) is 16.6. The number of aryl methyl sites for hydroxylation is 3. The fourth-order valence-electron chi connectivity index (χ4n) is 3.37. The maximum atomic E-state index is 12.7. The summed E-state index contributed by atoms with van der Waals surface area (Å²) in [5.74, 6) is -0.179. The lowest BCUT2D eigenvalue weighted by atomic mass is 10.0. The van der Waals surface area contributed by atoms with E-state index in [1.54, 1.807) is 6.07 Å². The molecule has 0 spiro atoms. The average molecular weight is 377 g/mol. The van der Waals surface area contributed by atoms with Gasteiger partial charge in [0.2, 0.25) is 0 Å². The highest BCUT2D eigenvalue weighted by molar-refractivity contribution is 5.94. The molecule has 28 heavy (non-hydrogen) atoms. The lowest BCUT2D eigenvalue weighted by Crippen LogP contribution is -2.39. The average Bonchev–Trinajstić information content (AvgIpc) is 2.98. The lowest BCUT2D eigenvalue weighted by molar-refractivity contribution is 0.0916. The molecule has 0 aliphatic heterocycles. The number of benzene rings is 2. The summed E-state index contributed by atoms with van der Waals surface area (Å²) in [5.41, 5.74) is 5.92. The molecule has 5 heteroatoms. The molecule has 0 aliphatic carbocycles. The van der Waals surface area contributed by atoms with Crippen molar-refractivity contribution in [3.05, 3.63) is 88.2 Å². The Balaban J connectivity index is 1.68. The molecule has 0 saturated carbocycles. The largest absolute Gasteiger partial charge is 0.394 e. The van der Waals surface area contributed by atoms with Gasteiger partial charge in [0.05, 0.1) is 24.9 Å². The Hall–Kier alpha value is -2.92. The minimum absolute atomic E-state index is 0.106. The third-order valence-corrected chi connectivity index (χ3v) is 4.75. The van der Waals surface area contributed by atoms with Gasteiger partial charge in [-0.05, 0) is 56.5 Å². The lowest BCUT2D eigenvalue weighted by Gasteiger charge is -2.17. The number of hydrogen-bond donors (Lipinski definition) is 2. The first kappa shape index (κ1) is 19.8. The summed E-state index contributed by atoms with van der Waals surface area (Å²) in [7, 11) is 0. The maximum Gasteiger partial charge on any atom is 0.251 e. The van der Waals surface area contributed by atoms with Gasteiger partial charge < -0.3 is 10.4 Å². The van der Waals surface area contributed by atoms with Gasteiger partial charge >= 0.3 is 0 Å². The third-order valence-electron chi connectivity index (χ3n) is 4.75. The number of nitrogens with zero attached hydrogens (tertiary/aromatic N) is 2. The van der Waals surface area contributed by atoms with Crippen LogP contribution in [0.5, 0.6) is 0 Å². The number of amides is 1. The molecule has 5 nitrogen and oxygen atoms in total. The van der Waals surface area contributed by atoms with Crippen molar-refractivity contribution < 1.29 is 9.90 Å². The van der Waals surface area contributed by atoms with Gasteiger partial charge in [-0.3, -0.25) is 9.48 Å². The standard InChI is InChI=1S/C23H27N3O2/c1-16-6-4-7-19(10-16)13-22(15-27)24-23(28)21-9-5-8-20(12-21)14-26-18(3)11-17(2)25-26/h4-12,22,27H,13-15H2,1-3H3,(H,24,28)/t22-/m0/s1. The van der Waals surface area contributed by atoms with Crippen molar-refractivity contribution in [3.8, 4) is 0 Å². The first-order chi connectivity index (χ1) is 13.4. The molecule has 1 heterocycles. The van der Waals surface area contributed by atoms with E-state index in [1.165, 1.54) is 0 Å². The minimum Gasteiger partial charge on any atom is -0.394 e. The first-order valence-electron chi connectivity index (χ1n) is 9.52. The number of carbonyl (C=O) groups is 1. The molecule has 0 bridgehead atoms. The molecule has 0 fully saturated rings. The van der Waals surface area contributed by atoms with Crippen LogP contribution in [0.25, 0.3) is 0 Å². The summed E-state index contributed by atoms with van der Waals surface area (Å²) in [4.78, 5) is 12.7. The molecule has 3 rings (SSSR count). The SMILES string of the molecule is Cc1cccc(C[C@@H](CO)NC(=O)c2cccc(Cn3nc(C)cc3C)c2)c1. The summed E-state index contributed by atoms with van der Waals surface area (Å²) in [6.07, 6.45) is 0.593. The normalized spacial score (nSPS) is 12.0. The van der Waals surface area contributed by atoms with E-state index in [0.717, 1.165) is 28.1 Å². The summed E-state index contributed by atoms with van der Waals surface area (Å²) >= 11 is 0. The molecule has 0 aliphatic rings. The van der Waals surface area contributed by atoms with Crippen LogP contribution in [0.1, 0.15) is 38.4 Å². The van der Waals surface area contributed by atoms with E-state index < -0.39 is 0 Å². The van der Waals surface area contributed by atoms with Gasteiger partial charge in [0, 0.05) is 11.3 Å². The molecule has 2 aromatic carbocycles. The van der Waals surface area contributed by atoms with Crippen molar-refractivity contribution >= 4 is 5.91 Å². The van der Waals surface area contributed by atoms with Crippen LogP contribution in [0.3, 0.4) is 0 Å². The molecular formula is C23H27N3O2. The molecule has 2 N–H and O–H groups in total. The highest BCUT2D eigenvalue weighted by atomic mass is 16.3. The van der Waals surface area contributed by atoms with Gasteiger partial charge in [-0.25, -0.2) is 0 Å². The van der Waals surface area contributed by atoms with Crippen molar-refractivity contribution in [2.45, 2.75) is 39.8 Å². The van der Waals surface area contributed by atoms with E-state index in [9.17, 15) is 9.90 Å². The van der Waals surface area contributed by atoms with E-state index in [4.69, 9.17) is 0 Å². The molecule has 146 valence electrons. The molecule has 0 unspecified atom stereocenters. The van der Waals surface area contributed by atoms with Gasteiger partial charge in [0.25, 0.3) is 5.91 Å². The van der Waals surface area contributed by atoms with Gasteiger partial charge in [0.1, 0.15) is 0 Å².